The summed E-state index contributed by atoms with van der Waals surface area (Å²) in [7, 11) is 0. The molecule has 0 atom stereocenters. The minimum Gasteiger partial charge on any atom is -0.465 e. The summed E-state index contributed by atoms with van der Waals surface area (Å²) in [6, 6.07) is 7.88. The number of aliphatic imine (C=N–C) groups is 1. The summed E-state index contributed by atoms with van der Waals surface area (Å²) in [4.78, 5) is 17.1. The van der Waals surface area contributed by atoms with Gasteiger partial charge >= 0.3 is 6.09 Å². The topological polar surface area (TPSA) is 64.9 Å². The summed E-state index contributed by atoms with van der Waals surface area (Å²) < 4.78 is 0. The zero-order valence-corrected chi connectivity index (χ0v) is 12.2. The third-order valence-corrected chi connectivity index (χ3v) is 3.28. The highest BCUT2D eigenvalue weighted by Crippen LogP contribution is 2.18. The summed E-state index contributed by atoms with van der Waals surface area (Å²) >= 11 is 0. The average Bonchev–Trinajstić information content (AvgIpc) is 2.88. The number of hydrogen-bond acceptors (Lipinski definition) is 3. The SMILES string of the molecule is CC(C)(C)N(Cc1ccc(C2=NCCN2)cc1)C(=O)O. The molecule has 0 fully saturated rings. The van der Waals surface area contributed by atoms with E-state index in [4.69, 9.17) is 0 Å². The summed E-state index contributed by atoms with van der Waals surface area (Å²) in [5, 5.41) is 12.5. The smallest absolute Gasteiger partial charge is 0.408 e. The highest BCUT2D eigenvalue weighted by Gasteiger charge is 2.26. The van der Waals surface area contributed by atoms with Crippen LogP contribution in [0.15, 0.2) is 29.3 Å². The van der Waals surface area contributed by atoms with Crippen LogP contribution in [0.2, 0.25) is 0 Å². The number of hydrogen-bond donors (Lipinski definition) is 2. The molecule has 1 amide bonds. The van der Waals surface area contributed by atoms with Crippen LogP contribution in [0, 0.1) is 0 Å². The van der Waals surface area contributed by atoms with Gasteiger partial charge in [0.05, 0.1) is 6.54 Å². The monoisotopic (exact) mass is 275 g/mol. The lowest BCUT2D eigenvalue weighted by Gasteiger charge is -2.33. The molecular weight excluding hydrogens is 254 g/mol. The van der Waals surface area contributed by atoms with Crippen molar-refractivity contribution in [3.05, 3.63) is 35.4 Å². The van der Waals surface area contributed by atoms with E-state index >= 15 is 0 Å². The van der Waals surface area contributed by atoms with Gasteiger partial charge in [-0.15, -0.1) is 0 Å². The van der Waals surface area contributed by atoms with Gasteiger partial charge in [0.1, 0.15) is 5.84 Å². The Morgan fingerprint density at radius 3 is 2.45 bits per heavy atom. The fourth-order valence-corrected chi connectivity index (χ4v) is 2.13. The van der Waals surface area contributed by atoms with Crippen LogP contribution < -0.4 is 5.32 Å². The van der Waals surface area contributed by atoms with Gasteiger partial charge in [0.15, 0.2) is 0 Å². The van der Waals surface area contributed by atoms with Crippen LogP contribution >= 0.6 is 0 Å². The van der Waals surface area contributed by atoms with Crippen LogP contribution in [0.25, 0.3) is 0 Å². The van der Waals surface area contributed by atoms with Crippen LogP contribution in [0.1, 0.15) is 31.9 Å². The Morgan fingerprint density at radius 2 is 2.00 bits per heavy atom. The lowest BCUT2D eigenvalue weighted by Crippen LogP contribution is -2.44. The largest absolute Gasteiger partial charge is 0.465 e. The van der Waals surface area contributed by atoms with E-state index in [1.165, 1.54) is 4.90 Å². The molecule has 2 N–H and O–H groups in total. The van der Waals surface area contributed by atoms with Crippen molar-refractivity contribution in [3.63, 3.8) is 0 Å². The van der Waals surface area contributed by atoms with Crippen LogP contribution in [-0.2, 0) is 6.54 Å². The number of rotatable bonds is 3. The maximum absolute atomic E-state index is 11.3. The van der Waals surface area contributed by atoms with Gasteiger partial charge in [-0.25, -0.2) is 4.79 Å². The van der Waals surface area contributed by atoms with E-state index in [1.54, 1.807) is 0 Å². The van der Waals surface area contributed by atoms with E-state index in [2.05, 4.69) is 10.3 Å². The number of carbonyl (C=O) groups is 1. The van der Waals surface area contributed by atoms with Gasteiger partial charge < -0.3 is 10.4 Å². The fourth-order valence-electron chi connectivity index (χ4n) is 2.13. The molecular formula is C15H21N3O2. The van der Waals surface area contributed by atoms with Crippen LogP contribution in [0.4, 0.5) is 4.79 Å². The number of amides is 1. The Morgan fingerprint density at radius 1 is 1.35 bits per heavy atom. The summed E-state index contributed by atoms with van der Waals surface area (Å²) in [5.41, 5.74) is 1.61. The maximum Gasteiger partial charge on any atom is 0.408 e. The number of nitrogens with one attached hydrogen (secondary N) is 1. The zero-order valence-electron chi connectivity index (χ0n) is 12.2. The molecule has 5 heteroatoms. The van der Waals surface area contributed by atoms with Crippen molar-refractivity contribution >= 4 is 11.9 Å². The van der Waals surface area contributed by atoms with E-state index < -0.39 is 11.6 Å². The zero-order chi connectivity index (χ0) is 14.8. The molecule has 0 spiro atoms. The van der Waals surface area contributed by atoms with Crippen molar-refractivity contribution in [2.75, 3.05) is 13.1 Å². The molecule has 1 aliphatic rings. The molecule has 20 heavy (non-hydrogen) atoms. The van der Waals surface area contributed by atoms with Gasteiger partial charge in [-0.2, -0.15) is 0 Å². The molecule has 5 nitrogen and oxygen atoms in total. The van der Waals surface area contributed by atoms with Crippen molar-refractivity contribution < 1.29 is 9.90 Å². The Hall–Kier alpha value is -2.04. The maximum atomic E-state index is 11.3. The molecule has 0 aromatic heterocycles. The molecule has 0 unspecified atom stereocenters. The Bertz CT molecular complexity index is 515. The van der Waals surface area contributed by atoms with Gasteiger partial charge in [-0.1, -0.05) is 24.3 Å². The highest BCUT2D eigenvalue weighted by atomic mass is 16.4. The Balaban J connectivity index is 2.11. The number of carboxylic acid groups (broad SMARTS) is 1. The Kier molecular flexibility index (Phi) is 3.97. The second-order valence-electron chi connectivity index (χ2n) is 5.89. The molecule has 2 rings (SSSR count). The molecule has 1 aliphatic heterocycles. The van der Waals surface area contributed by atoms with E-state index in [-0.39, 0.29) is 0 Å². The third-order valence-electron chi connectivity index (χ3n) is 3.28. The van der Waals surface area contributed by atoms with Gasteiger partial charge in [0, 0.05) is 24.2 Å². The van der Waals surface area contributed by atoms with Crippen LogP contribution in [0.3, 0.4) is 0 Å². The molecule has 0 aliphatic carbocycles. The van der Waals surface area contributed by atoms with Crippen LogP contribution in [-0.4, -0.2) is 40.6 Å². The molecule has 0 saturated carbocycles. The number of nitrogens with zero attached hydrogens (tertiary/aromatic N) is 2. The van der Waals surface area contributed by atoms with Gasteiger partial charge in [0.2, 0.25) is 0 Å². The second kappa shape index (κ2) is 5.53. The lowest BCUT2D eigenvalue weighted by atomic mass is 10.0. The molecule has 1 aromatic rings. The second-order valence-corrected chi connectivity index (χ2v) is 5.89. The molecule has 0 saturated heterocycles. The number of benzene rings is 1. The first kappa shape index (κ1) is 14.4. The highest BCUT2D eigenvalue weighted by molar-refractivity contribution is 5.99. The summed E-state index contributed by atoms with van der Waals surface area (Å²) in [6.45, 7) is 7.77. The third kappa shape index (κ3) is 3.29. The number of amidine groups is 1. The normalized spacial score (nSPS) is 14.7. The van der Waals surface area contributed by atoms with E-state index in [9.17, 15) is 9.90 Å². The van der Waals surface area contributed by atoms with Gasteiger partial charge in [-0.05, 0) is 26.3 Å². The van der Waals surface area contributed by atoms with Gasteiger partial charge in [0.25, 0.3) is 0 Å². The van der Waals surface area contributed by atoms with E-state index in [1.807, 2.05) is 45.0 Å². The first-order chi connectivity index (χ1) is 9.38. The quantitative estimate of drug-likeness (QED) is 0.889. The Labute approximate surface area is 119 Å². The van der Waals surface area contributed by atoms with Crippen molar-refractivity contribution in [1.82, 2.24) is 10.2 Å². The minimum atomic E-state index is -0.900. The lowest BCUT2D eigenvalue weighted by molar-refractivity contribution is 0.0955. The van der Waals surface area contributed by atoms with Crippen molar-refractivity contribution in [2.45, 2.75) is 32.9 Å². The van der Waals surface area contributed by atoms with E-state index in [0.29, 0.717) is 6.54 Å². The van der Waals surface area contributed by atoms with E-state index in [0.717, 1.165) is 30.1 Å². The standard InChI is InChI=1S/C15H21N3O2/c1-15(2,3)18(14(19)20)10-11-4-6-12(7-5-11)13-16-8-9-17-13/h4-7H,8-10H2,1-3H3,(H,16,17)(H,19,20). The molecule has 0 radical (unpaired) electrons. The fraction of sp³-hybridized carbons (Fsp3) is 0.467. The van der Waals surface area contributed by atoms with Gasteiger partial charge in [-0.3, -0.25) is 9.89 Å². The predicted molar refractivity (Wildman–Crippen MR) is 79.2 cm³/mol. The first-order valence-corrected chi connectivity index (χ1v) is 6.76. The molecule has 1 heterocycles. The first-order valence-electron chi connectivity index (χ1n) is 6.76. The van der Waals surface area contributed by atoms with Crippen molar-refractivity contribution in [2.24, 2.45) is 4.99 Å². The summed E-state index contributed by atoms with van der Waals surface area (Å²) in [5.74, 6) is 0.919. The summed E-state index contributed by atoms with van der Waals surface area (Å²) in [6.07, 6.45) is -0.900. The molecule has 0 bridgehead atoms. The minimum absolute atomic E-state index is 0.388. The average molecular weight is 275 g/mol. The molecule has 1 aromatic carbocycles. The predicted octanol–water partition coefficient (Wildman–Crippen LogP) is 2.31. The van der Waals surface area contributed by atoms with Crippen molar-refractivity contribution in [3.8, 4) is 0 Å². The molecule has 108 valence electrons. The van der Waals surface area contributed by atoms with Crippen molar-refractivity contribution in [1.29, 1.82) is 0 Å². The van der Waals surface area contributed by atoms with Crippen LogP contribution in [0.5, 0.6) is 0 Å².